The maximum atomic E-state index is 12.1. The van der Waals surface area contributed by atoms with Crippen molar-refractivity contribution in [3.63, 3.8) is 0 Å². The third-order valence-electron chi connectivity index (χ3n) is 4.95. The van der Waals surface area contributed by atoms with Gasteiger partial charge in [-0.1, -0.05) is 64.7 Å². The molecule has 0 aliphatic rings. The molecule has 6 nitrogen and oxygen atoms in total. The van der Waals surface area contributed by atoms with E-state index in [1.54, 1.807) is 6.92 Å². The minimum absolute atomic E-state index is 0.311. The highest BCUT2D eigenvalue weighted by Gasteiger charge is 2.26. The summed E-state index contributed by atoms with van der Waals surface area (Å²) >= 11 is 6.49. The molecule has 0 atom stereocenters. The van der Waals surface area contributed by atoms with Gasteiger partial charge in [0.15, 0.2) is 5.11 Å². The Kier molecular flexibility index (Phi) is 13.3. The van der Waals surface area contributed by atoms with Gasteiger partial charge in [-0.05, 0) is 31.1 Å². The number of esters is 2. The van der Waals surface area contributed by atoms with Gasteiger partial charge in [-0.25, -0.2) is 9.59 Å². The SMILES string of the molecule is CCCCCCCCCCCCNC(=S)Nc1sc(C(=O)OC)c(C)c1C(=O)OC. The molecule has 170 valence electrons. The van der Waals surface area contributed by atoms with Gasteiger partial charge in [-0.15, -0.1) is 11.3 Å². The van der Waals surface area contributed by atoms with Gasteiger partial charge in [0.05, 0.1) is 19.8 Å². The molecule has 0 unspecified atom stereocenters. The highest BCUT2D eigenvalue weighted by atomic mass is 32.1. The Morgan fingerprint density at radius 2 is 1.43 bits per heavy atom. The van der Waals surface area contributed by atoms with Crippen molar-refractivity contribution in [1.29, 1.82) is 0 Å². The van der Waals surface area contributed by atoms with Crippen molar-refractivity contribution in [3.05, 3.63) is 16.0 Å². The van der Waals surface area contributed by atoms with E-state index in [0.717, 1.165) is 24.3 Å². The van der Waals surface area contributed by atoms with Crippen LogP contribution in [0.5, 0.6) is 0 Å². The summed E-state index contributed by atoms with van der Waals surface area (Å²) in [6.45, 7) is 4.71. The zero-order valence-corrected chi connectivity index (χ0v) is 20.4. The molecule has 0 aliphatic carbocycles. The fraction of sp³-hybridized carbons (Fsp3) is 0.682. The first-order valence-electron chi connectivity index (χ1n) is 10.8. The standard InChI is InChI=1S/C22H36N2O4S2/c1-5-6-7-8-9-10-11-12-13-14-15-23-22(29)24-19-17(20(25)27-3)16(2)18(30-19)21(26)28-4/h5-15H2,1-4H3,(H2,23,24,29). The van der Waals surface area contributed by atoms with E-state index in [1.165, 1.54) is 72.0 Å². The van der Waals surface area contributed by atoms with Crippen LogP contribution in [-0.4, -0.2) is 37.8 Å². The van der Waals surface area contributed by atoms with Crippen LogP contribution in [0.25, 0.3) is 0 Å². The van der Waals surface area contributed by atoms with Crippen LogP contribution in [0.4, 0.5) is 5.00 Å². The van der Waals surface area contributed by atoms with E-state index in [-0.39, 0.29) is 0 Å². The number of unbranched alkanes of at least 4 members (excludes halogenated alkanes) is 9. The van der Waals surface area contributed by atoms with Gasteiger partial charge >= 0.3 is 11.9 Å². The second-order valence-corrected chi connectivity index (χ2v) is 8.74. The molecule has 30 heavy (non-hydrogen) atoms. The fourth-order valence-corrected chi connectivity index (χ4v) is 4.58. The molecule has 0 bridgehead atoms. The normalized spacial score (nSPS) is 10.5. The van der Waals surface area contributed by atoms with E-state index in [0.29, 0.717) is 26.1 Å². The van der Waals surface area contributed by atoms with E-state index in [2.05, 4.69) is 17.6 Å². The largest absolute Gasteiger partial charge is 0.465 e. The van der Waals surface area contributed by atoms with Gasteiger partial charge in [0.2, 0.25) is 0 Å². The molecule has 0 amide bonds. The number of thiophene rings is 1. The van der Waals surface area contributed by atoms with Gasteiger partial charge in [0.25, 0.3) is 0 Å². The summed E-state index contributed by atoms with van der Waals surface area (Å²) < 4.78 is 9.64. The molecular formula is C22H36N2O4S2. The fourth-order valence-electron chi connectivity index (χ4n) is 3.20. The highest BCUT2D eigenvalue weighted by Crippen LogP contribution is 2.34. The summed E-state index contributed by atoms with van der Waals surface area (Å²) in [5.41, 5.74) is 0.838. The van der Waals surface area contributed by atoms with Gasteiger partial charge in [0.1, 0.15) is 9.88 Å². The Labute approximate surface area is 190 Å². The van der Waals surface area contributed by atoms with Crippen LogP contribution in [0, 0.1) is 6.92 Å². The third kappa shape index (κ3) is 9.00. The van der Waals surface area contributed by atoms with Crippen LogP contribution in [-0.2, 0) is 9.47 Å². The van der Waals surface area contributed by atoms with Crippen molar-refractivity contribution in [2.45, 2.75) is 78.1 Å². The lowest BCUT2D eigenvalue weighted by atomic mass is 10.1. The number of anilines is 1. The number of methoxy groups -OCH3 is 2. The molecule has 0 radical (unpaired) electrons. The predicted octanol–water partition coefficient (Wildman–Crippen LogP) is 5.84. The number of carbonyl (C=O) groups is 2. The van der Waals surface area contributed by atoms with Gasteiger partial charge < -0.3 is 20.1 Å². The quantitative estimate of drug-likeness (QED) is 0.207. The monoisotopic (exact) mass is 456 g/mol. The van der Waals surface area contributed by atoms with Crippen LogP contribution >= 0.6 is 23.6 Å². The molecule has 0 aromatic carbocycles. The molecule has 8 heteroatoms. The summed E-state index contributed by atoms with van der Waals surface area (Å²) in [4.78, 5) is 24.4. The van der Waals surface area contributed by atoms with E-state index in [4.69, 9.17) is 21.7 Å². The molecule has 0 spiro atoms. The lowest BCUT2D eigenvalue weighted by Gasteiger charge is -2.10. The number of thiocarbonyl (C=S) groups is 1. The minimum atomic E-state index is -0.515. The van der Waals surface area contributed by atoms with Crippen molar-refractivity contribution in [2.24, 2.45) is 0 Å². The maximum Gasteiger partial charge on any atom is 0.348 e. The molecule has 1 heterocycles. The van der Waals surface area contributed by atoms with Crippen molar-refractivity contribution in [2.75, 3.05) is 26.1 Å². The van der Waals surface area contributed by atoms with Crippen molar-refractivity contribution in [1.82, 2.24) is 5.32 Å². The van der Waals surface area contributed by atoms with Crippen molar-refractivity contribution < 1.29 is 19.1 Å². The van der Waals surface area contributed by atoms with Crippen LogP contribution < -0.4 is 10.6 Å². The zero-order chi connectivity index (χ0) is 22.4. The first kappa shape index (κ1) is 26.4. The van der Waals surface area contributed by atoms with E-state index < -0.39 is 11.9 Å². The minimum Gasteiger partial charge on any atom is -0.465 e. The molecule has 1 aromatic rings. The molecule has 2 N–H and O–H groups in total. The number of carbonyl (C=O) groups excluding carboxylic acids is 2. The summed E-state index contributed by atoms with van der Waals surface area (Å²) in [7, 11) is 2.62. The third-order valence-corrected chi connectivity index (χ3v) is 6.38. The zero-order valence-electron chi connectivity index (χ0n) is 18.7. The second-order valence-electron chi connectivity index (χ2n) is 7.31. The topological polar surface area (TPSA) is 76.7 Å². The first-order valence-corrected chi connectivity index (χ1v) is 12.0. The lowest BCUT2D eigenvalue weighted by Crippen LogP contribution is -2.29. The van der Waals surface area contributed by atoms with Gasteiger partial charge in [0, 0.05) is 6.54 Å². The van der Waals surface area contributed by atoms with Gasteiger partial charge in [-0.2, -0.15) is 0 Å². The maximum absolute atomic E-state index is 12.1. The number of hydrogen-bond donors (Lipinski definition) is 2. The van der Waals surface area contributed by atoms with Crippen LogP contribution in [0.2, 0.25) is 0 Å². The number of ether oxygens (including phenoxy) is 2. The summed E-state index contributed by atoms with van der Waals surface area (Å²) in [6, 6.07) is 0. The Morgan fingerprint density at radius 3 is 1.97 bits per heavy atom. The predicted molar refractivity (Wildman–Crippen MR) is 128 cm³/mol. The molecular weight excluding hydrogens is 420 g/mol. The Morgan fingerprint density at radius 1 is 0.900 bits per heavy atom. The number of rotatable bonds is 14. The Balaban J connectivity index is 2.38. The smallest absolute Gasteiger partial charge is 0.348 e. The highest BCUT2D eigenvalue weighted by molar-refractivity contribution is 7.80. The van der Waals surface area contributed by atoms with E-state index >= 15 is 0 Å². The Hall–Kier alpha value is -1.67. The Bertz CT molecular complexity index is 689. The molecule has 0 saturated heterocycles. The molecule has 0 fully saturated rings. The van der Waals surface area contributed by atoms with Crippen LogP contribution in [0.1, 0.15) is 96.7 Å². The average molecular weight is 457 g/mol. The summed E-state index contributed by atoms with van der Waals surface area (Å²) in [5.74, 6) is -1.00. The summed E-state index contributed by atoms with van der Waals surface area (Å²) in [5, 5.41) is 7.11. The van der Waals surface area contributed by atoms with Crippen molar-refractivity contribution >= 4 is 45.6 Å². The molecule has 1 aromatic heterocycles. The van der Waals surface area contributed by atoms with Crippen molar-refractivity contribution in [3.8, 4) is 0 Å². The van der Waals surface area contributed by atoms with Crippen LogP contribution in [0.15, 0.2) is 0 Å². The second kappa shape index (κ2) is 15.2. The average Bonchev–Trinajstić information content (AvgIpc) is 3.06. The molecule has 0 saturated carbocycles. The number of hydrogen-bond acceptors (Lipinski definition) is 6. The summed E-state index contributed by atoms with van der Waals surface area (Å²) in [6.07, 6.45) is 12.8. The van der Waals surface area contributed by atoms with Gasteiger partial charge in [-0.3, -0.25) is 0 Å². The molecule has 0 aliphatic heterocycles. The first-order chi connectivity index (χ1) is 14.5. The lowest BCUT2D eigenvalue weighted by molar-refractivity contribution is 0.0601. The van der Waals surface area contributed by atoms with Crippen LogP contribution in [0.3, 0.4) is 0 Å². The number of nitrogens with one attached hydrogen (secondary N) is 2. The van der Waals surface area contributed by atoms with E-state index in [9.17, 15) is 9.59 Å². The molecule has 1 rings (SSSR count). The van der Waals surface area contributed by atoms with E-state index in [1.807, 2.05) is 0 Å².